The van der Waals surface area contributed by atoms with Gasteiger partial charge in [-0.25, -0.2) is 22.9 Å². The molecule has 1 aliphatic rings. The first-order valence-electron chi connectivity index (χ1n) is 10.5. The summed E-state index contributed by atoms with van der Waals surface area (Å²) in [5.74, 6) is -0.164. The molecule has 3 amide bonds. The van der Waals surface area contributed by atoms with Gasteiger partial charge in [0, 0.05) is 12.6 Å². The number of nitrogens with zero attached hydrogens (tertiary/aromatic N) is 1. The van der Waals surface area contributed by atoms with Crippen molar-refractivity contribution in [1.29, 1.82) is 0 Å². The second kappa shape index (κ2) is 10.7. The molecule has 1 aromatic heterocycles. The lowest BCUT2D eigenvalue weighted by Gasteiger charge is -2.16. The van der Waals surface area contributed by atoms with Gasteiger partial charge in [0.15, 0.2) is 0 Å². The number of carbonyl (C=O) groups excluding carboxylic acids is 2. The van der Waals surface area contributed by atoms with Gasteiger partial charge in [-0.3, -0.25) is 4.79 Å². The zero-order valence-corrected chi connectivity index (χ0v) is 19.2. The van der Waals surface area contributed by atoms with E-state index in [1.54, 1.807) is 24.6 Å². The Morgan fingerprint density at radius 3 is 2.39 bits per heavy atom. The van der Waals surface area contributed by atoms with E-state index in [9.17, 15) is 18.0 Å². The Morgan fingerprint density at radius 1 is 1.10 bits per heavy atom. The van der Waals surface area contributed by atoms with Crippen molar-refractivity contribution in [2.24, 2.45) is 0 Å². The second-order valence-electron chi connectivity index (χ2n) is 7.68. The highest BCUT2D eigenvalue weighted by Crippen LogP contribution is 2.17. The van der Waals surface area contributed by atoms with Gasteiger partial charge in [-0.15, -0.1) is 11.3 Å². The monoisotopic (exact) mass is 464 g/mol. The number of sulfonamides is 1. The van der Waals surface area contributed by atoms with Gasteiger partial charge in [-0.05, 0) is 43.9 Å². The number of aryl methyl sites for hydroxylation is 1. The summed E-state index contributed by atoms with van der Waals surface area (Å²) in [6, 6.07) is 5.63. The molecule has 1 aliphatic carbocycles. The van der Waals surface area contributed by atoms with E-state index in [0.29, 0.717) is 23.5 Å². The van der Waals surface area contributed by atoms with Gasteiger partial charge in [-0.1, -0.05) is 37.8 Å². The largest absolute Gasteiger partial charge is 0.351 e. The highest BCUT2D eigenvalue weighted by atomic mass is 32.2. The van der Waals surface area contributed by atoms with Crippen LogP contribution in [0, 0.1) is 6.92 Å². The zero-order chi connectivity index (χ0) is 22.3. The molecular formula is C21H28N4O4S2. The molecule has 3 N–H and O–H groups in total. The summed E-state index contributed by atoms with van der Waals surface area (Å²) in [5, 5.41) is 5.61. The number of hydrogen-bond donors (Lipinski definition) is 3. The lowest BCUT2D eigenvalue weighted by Crippen LogP contribution is -2.44. The van der Waals surface area contributed by atoms with E-state index in [4.69, 9.17) is 0 Å². The van der Waals surface area contributed by atoms with Crippen LogP contribution in [0.2, 0.25) is 0 Å². The molecule has 3 rings (SSSR count). The Labute approximate surface area is 186 Å². The van der Waals surface area contributed by atoms with Gasteiger partial charge in [-0.2, -0.15) is 0 Å². The van der Waals surface area contributed by atoms with E-state index in [1.807, 2.05) is 0 Å². The Bertz CT molecular complexity index is 995. The predicted molar refractivity (Wildman–Crippen MR) is 120 cm³/mol. The van der Waals surface area contributed by atoms with Crippen molar-refractivity contribution in [3.63, 3.8) is 0 Å². The van der Waals surface area contributed by atoms with Crippen molar-refractivity contribution >= 4 is 33.3 Å². The van der Waals surface area contributed by atoms with Gasteiger partial charge in [0.2, 0.25) is 0 Å². The minimum absolute atomic E-state index is 0.0176. The lowest BCUT2D eigenvalue weighted by atomic mass is 10.1. The first kappa shape index (κ1) is 23.2. The van der Waals surface area contributed by atoms with Crippen molar-refractivity contribution in [1.82, 2.24) is 20.3 Å². The third-order valence-corrected chi connectivity index (χ3v) is 7.58. The molecule has 31 heavy (non-hydrogen) atoms. The molecule has 10 heteroatoms. The number of rotatable bonds is 7. The summed E-state index contributed by atoms with van der Waals surface area (Å²) in [5.41, 5.74) is 3.21. The molecule has 2 aromatic rings. The highest BCUT2D eigenvalue weighted by molar-refractivity contribution is 7.90. The van der Waals surface area contributed by atoms with Gasteiger partial charge >= 0.3 is 6.03 Å². The quantitative estimate of drug-likeness (QED) is 0.544. The summed E-state index contributed by atoms with van der Waals surface area (Å²) in [4.78, 5) is 28.9. The molecule has 1 aromatic carbocycles. The van der Waals surface area contributed by atoms with Crippen molar-refractivity contribution < 1.29 is 18.0 Å². The molecular weight excluding hydrogens is 436 g/mol. The van der Waals surface area contributed by atoms with E-state index in [2.05, 4.69) is 20.3 Å². The van der Waals surface area contributed by atoms with E-state index < -0.39 is 16.1 Å². The van der Waals surface area contributed by atoms with Crippen LogP contribution in [0.15, 0.2) is 34.7 Å². The molecule has 0 bridgehead atoms. The minimum atomic E-state index is -3.94. The standard InChI is InChI=1S/C21H28N4O4S2/c1-15-19(30-14-23-15)20(26)22-13-12-16-8-10-18(11-9-16)31(28,29)25-21(27)24-17-6-4-2-3-5-7-17/h8-11,14,17H,2-7,12-13H2,1H3,(H,22,26)(H2,24,25,27). The van der Waals surface area contributed by atoms with Crippen LogP contribution in [0.5, 0.6) is 0 Å². The molecule has 8 nitrogen and oxygen atoms in total. The van der Waals surface area contributed by atoms with E-state index in [-0.39, 0.29) is 16.8 Å². The van der Waals surface area contributed by atoms with Gasteiger partial charge in [0.05, 0.1) is 16.1 Å². The Balaban J connectivity index is 1.49. The summed E-state index contributed by atoms with van der Waals surface area (Å²) < 4.78 is 27.1. The number of benzene rings is 1. The average molecular weight is 465 g/mol. The first-order chi connectivity index (χ1) is 14.8. The second-order valence-corrected chi connectivity index (χ2v) is 10.2. The summed E-state index contributed by atoms with van der Waals surface area (Å²) in [6.45, 7) is 2.21. The topological polar surface area (TPSA) is 117 Å². The molecule has 0 spiro atoms. The number of hydrogen-bond acceptors (Lipinski definition) is 6. The van der Waals surface area contributed by atoms with E-state index >= 15 is 0 Å². The van der Waals surface area contributed by atoms with Gasteiger partial charge in [0.1, 0.15) is 4.88 Å². The molecule has 168 valence electrons. The maximum Gasteiger partial charge on any atom is 0.328 e. The Morgan fingerprint density at radius 2 is 1.77 bits per heavy atom. The van der Waals surface area contributed by atoms with Crippen molar-refractivity contribution in [2.45, 2.75) is 62.8 Å². The number of thiazole rings is 1. The molecule has 1 fully saturated rings. The number of urea groups is 1. The number of aromatic nitrogens is 1. The highest BCUT2D eigenvalue weighted by Gasteiger charge is 2.20. The summed E-state index contributed by atoms with van der Waals surface area (Å²) >= 11 is 1.30. The van der Waals surface area contributed by atoms with Crippen LogP contribution in [-0.2, 0) is 16.4 Å². The molecule has 0 aliphatic heterocycles. The number of carbonyl (C=O) groups is 2. The normalized spacial score (nSPS) is 15.1. The fraction of sp³-hybridized carbons (Fsp3) is 0.476. The third kappa shape index (κ3) is 6.76. The fourth-order valence-corrected chi connectivity index (χ4v) is 5.21. The molecule has 1 saturated carbocycles. The van der Waals surface area contributed by atoms with Crippen LogP contribution in [0.25, 0.3) is 0 Å². The Hall–Kier alpha value is -2.46. The SMILES string of the molecule is Cc1ncsc1C(=O)NCCc1ccc(S(=O)(=O)NC(=O)NC2CCCCCC2)cc1. The maximum absolute atomic E-state index is 12.5. The van der Waals surface area contributed by atoms with Gasteiger partial charge in [0.25, 0.3) is 15.9 Å². The zero-order valence-electron chi connectivity index (χ0n) is 17.5. The number of amides is 3. The smallest absolute Gasteiger partial charge is 0.328 e. The van der Waals surface area contributed by atoms with Crippen LogP contribution in [0.3, 0.4) is 0 Å². The first-order valence-corrected chi connectivity index (χ1v) is 12.8. The Kier molecular flexibility index (Phi) is 8.03. The number of nitrogens with one attached hydrogen (secondary N) is 3. The van der Waals surface area contributed by atoms with Crippen LogP contribution in [0.1, 0.15) is 59.5 Å². The van der Waals surface area contributed by atoms with Crippen LogP contribution in [0.4, 0.5) is 4.79 Å². The minimum Gasteiger partial charge on any atom is -0.351 e. The predicted octanol–water partition coefficient (Wildman–Crippen LogP) is 3.13. The van der Waals surface area contributed by atoms with Crippen molar-refractivity contribution in [3.8, 4) is 0 Å². The van der Waals surface area contributed by atoms with Crippen LogP contribution >= 0.6 is 11.3 Å². The van der Waals surface area contributed by atoms with Crippen molar-refractivity contribution in [3.05, 3.63) is 45.9 Å². The summed E-state index contributed by atoms with van der Waals surface area (Å²) in [6.07, 6.45) is 6.70. The lowest BCUT2D eigenvalue weighted by molar-refractivity contribution is 0.0957. The average Bonchev–Trinajstić information content (AvgIpc) is 2.99. The molecule has 0 unspecified atom stereocenters. The summed E-state index contributed by atoms with van der Waals surface area (Å²) in [7, 11) is -3.94. The molecule has 0 atom stereocenters. The van der Waals surface area contributed by atoms with Gasteiger partial charge < -0.3 is 10.6 Å². The van der Waals surface area contributed by atoms with E-state index in [1.165, 1.54) is 23.5 Å². The molecule has 0 saturated heterocycles. The fourth-order valence-electron chi connectivity index (χ4n) is 3.58. The molecule has 0 radical (unpaired) electrons. The maximum atomic E-state index is 12.5. The van der Waals surface area contributed by atoms with Crippen LogP contribution in [-0.4, -0.2) is 37.9 Å². The molecule has 1 heterocycles. The third-order valence-electron chi connectivity index (χ3n) is 5.30. The van der Waals surface area contributed by atoms with Crippen LogP contribution < -0.4 is 15.4 Å². The van der Waals surface area contributed by atoms with E-state index in [0.717, 1.165) is 44.1 Å². The van der Waals surface area contributed by atoms with Crippen molar-refractivity contribution in [2.75, 3.05) is 6.54 Å².